The van der Waals surface area contributed by atoms with Crippen LogP contribution in [0.4, 0.5) is 0 Å². The van der Waals surface area contributed by atoms with Gasteiger partial charge in [-0.1, -0.05) is 48.9 Å². The van der Waals surface area contributed by atoms with Crippen LogP contribution in [-0.2, 0) is 9.53 Å². The van der Waals surface area contributed by atoms with E-state index in [-0.39, 0.29) is 5.91 Å². The van der Waals surface area contributed by atoms with Gasteiger partial charge in [-0.2, -0.15) is 0 Å². The molecule has 0 fully saturated rings. The number of rotatable bonds is 9. The van der Waals surface area contributed by atoms with Crippen molar-refractivity contribution in [1.82, 2.24) is 5.43 Å². The highest BCUT2D eigenvalue weighted by Gasteiger charge is 1.97. The van der Waals surface area contributed by atoms with Crippen LogP contribution in [0.1, 0.15) is 31.2 Å². The summed E-state index contributed by atoms with van der Waals surface area (Å²) in [6.07, 6.45) is 7.35. The second kappa shape index (κ2) is 10.3. The second-order valence-corrected chi connectivity index (χ2v) is 4.27. The van der Waals surface area contributed by atoms with Gasteiger partial charge in [-0.25, -0.2) is 5.84 Å². The zero-order chi connectivity index (χ0) is 13.8. The molecule has 1 amide bonds. The van der Waals surface area contributed by atoms with E-state index in [1.54, 1.807) is 0 Å². The highest BCUT2D eigenvalue weighted by atomic mass is 16.5. The van der Waals surface area contributed by atoms with Crippen molar-refractivity contribution in [1.29, 1.82) is 0 Å². The number of carbonyl (C=O) groups is 1. The maximum absolute atomic E-state index is 10.8. The summed E-state index contributed by atoms with van der Waals surface area (Å²) >= 11 is 0. The number of hydrogen-bond donors (Lipinski definition) is 2. The fourth-order valence-corrected chi connectivity index (χ4v) is 1.64. The zero-order valence-corrected chi connectivity index (χ0v) is 11.2. The van der Waals surface area contributed by atoms with E-state index in [4.69, 9.17) is 10.6 Å². The molecule has 1 rings (SSSR count). The third kappa shape index (κ3) is 8.13. The first-order chi connectivity index (χ1) is 9.33. The quantitative estimate of drug-likeness (QED) is 0.310. The average Bonchev–Trinajstić information content (AvgIpc) is 2.46. The molecular weight excluding hydrogens is 240 g/mol. The predicted molar refractivity (Wildman–Crippen MR) is 77.1 cm³/mol. The van der Waals surface area contributed by atoms with Crippen LogP contribution >= 0.6 is 0 Å². The van der Waals surface area contributed by atoms with E-state index in [0.717, 1.165) is 25.9 Å². The number of ether oxygens (including phenoxy) is 1. The molecule has 3 N–H and O–H groups in total. The van der Waals surface area contributed by atoms with Gasteiger partial charge < -0.3 is 4.74 Å². The van der Waals surface area contributed by atoms with Gasteiger partial charge in [0, 0.05) is 13.0 Å². The molecular formula is C15H22N2O2. The normalized spacial score (nSPS) is 10.8. The number of nitrogens with one attached hydrogen (secondary N) is 1. The minimum absolute atomic E-state index is 0.105. The van der Waals surface area contributed by atoms with Crippen LogP contribution in [0.25, 0.3) is 6.08 Å². The Morgan fingerprint density at radius 1 is 1.21 bits per heavy atom. The smallest absolute Gasteiger partial charge is 0.233 e. The van der Waals surface area contributed by atoms with Crippen LogP contribution in [0.3, 0.4) is 0 Å². The molecule has 0 aliphatic heterocycles. The van der Waals surface area contributed by atoms with Gasteiger partial charge in [-0.05, 0) is 18.4 Å². The van der Waals surface area contributed by atoms with E-state index >= 15 is 0 Å². The molecule has 19 heavy (non-hydrogen) atoms. The van der Waals surface area contributed by atoms with Gasteiger partial charge in [0.15, 0.2) is 0 Å². The number of hydrazine groups is 1. The van der Waals surface area contributed by atoms with Gasteiger partial charge in [-0.15, -0.1) is 0 Å². The van der Waals surface area contributed by atoms with E-state index < -0.39 is 0 Å². The van der Waals surface area contributed by atoms with Crippen LogP contribution in [0.5, 0.6) is 0 Å². The van der Waals surface area contributed by atoms with Crippen molar-refractivity contribution >= 4 is 12.0 Å². The summed E-state index contributed by atoms with van der Waals surface area (Å²) in [6, 6.07) is 10.1. The van der Waals surface area contributed by atoms with E-state index in [9.17, 15) is 4.79 Å². The lowest BCUT2D eigenvalue weighted by molar-refractivity contribution is -0.121. The Labute approximate surface area is 114 Å². The minimum Gasteiger partial charge on any atom is -0.377 e. The SMILES string of the molecule is NNC(=O)CCCCCOCC=Cc1ccccc1. The third-order valence-corrected chi connectivity index (χ3v) is 2.68. The van der Waals surface area contributed by atoms with Crippen molar-refractivity contribution in [2.45, 2.75) is 25.7 Å². The van der Waals surface area contributed by atoms with Crippen LogP contribution in [-0.4, -0.2) is 19.1 Å². The summed E-state index contributed by atoms with van der Waals surface area (Å²) in [6.45, 7) is 1.35. The van der Waals surface area contributed by atoms with Crippen molar-refractivity contribution in [3.63, 3.8) is 0 Å². The topological polar surface area (TPSA) is 64.3 Å². The number of nitrogens with two attached hydrogens (primary N) is 1. The Hall–Kier alpha value is -1.65. The van der Waals surface area contributed by atoms with Crippen molar-refractivity contribution in [3.8, 4) is 0 Å². The fourth-order valence-electron chi connectivity index (χ4n) is 1.64. The Bertz CT molecular complexity index is 377. The van der Waals surface area contributed by atoms with Gasteiger partial charge in [0.2, 0.25) is 5.91 Å². The van der Waals surface area contributed by atoms with Gasteiger partial charge in [0.25, 0.3) is 0 Å². The van der Waals surface area contributed by atoms with E-state index in [0.29, 0.717) is 13.0 Å². The molecule has 0 aliphatic rings. The summed E-state index contributed by atoms with van der Waals surface area (Å²) in [5.74, 6) is 4.88. The molecule has 4 heteroatoms. The van der Waals surface area contributed by atoms with Crippen molar-refractivity contribution in [3.05, 3.63) is 42.0 Å². The first-order valence-electron chi connectivity index (χ1n) is 6.61. The largest absolute Gasteiger partial charge is 0.377 e. The molecule has 0 aliphatic carbocycles. The van der Waals surface area contributed by atoms with Gasteiger partial charge in [-0.3, -0.25) is 10.2 Å². The van der Waals surface area contributed by atoms with Crippen molar-refractivity contribution < 1.29 is 9.53 Å². The zero-order valence-electron chi connectivity index (χ0n) is 11.2. The maximum Gasteiger partial charge on any atom is 0.233 e. The van der Waals surface area contributed by atoms with Gasteiger partial charge in [0.1, 0.15) is 0 Å². The fraction of sp³-hybridized carbons (Fsp3) is 0.400. The Kier molecular flexibility index (Phi) is 8.34. The Morgan fingerprint density at radius 2 is 2.00 bits per heavy atom. The lowest BCUT2D eigenvalue weighted by atomic mass is 10.2. The molecule has 0 saturated heterocycles. The summed E-state index contributed by atoms with van der Waals surface area (Å²) in [4.78, 5) is 10.8. The summed E-state index contributed by atoms with van der Waals surface area (Å²) in [5.41, 5.74) is 3.30. The molecule has 0 heterocycles. The summed E-state index contributed by atoms with van der Waals surface area (Å²) in [7, 11) is 0. The predicted octanol–water partition coefficient (Wildman–Crippen LogP) is 2.27. The molecule has 0 unspecified atom stereocenters. The van der Waals surface area contributed by atoms with Crippen molar-refractivity contribution in [2.24, 2.45) is 5.84 Å². The highest BCUT2D eigenvalue weighted by Crippen LogP contribution is 2.02. The lowest BCUT2D eigenvalue weighted by Gasteiger charge is -2.01. The van der Waals surface area contributed by atoms with Gasteiger partial charge >= 0.3 is 0 Å². The number of unbranched alkanes of at least 4 members (excludes halogenated alkanes) is 2. The molecule has 0 bridgehead atoms. The molecule has 0 spiro atoms. The van der Waals surface area contributed by atoms with Crippen molar-refractivity contribution in [2.75, 3.05) is 13.2 Å². The summed E-state index contributed by atoms with van der Waals surface area (Å²) < 4.78 is 5.48. The van der Waals surface area contributed by atoms with Gasteiger partial charge in [0.05, 0.1) is 6.61 Å². The third-order valence-electron chi connectivity index (χ3n) is 2.68. The van der Waals surface area contributed by atoms with Crippen LogP contribution in [0.15, 0.2) is 36.4 Å². The summed E-state index contributed by atoms with van der Waals surface area (Å²) in [5, 5.41) is 0. The first kappa shape index (κ1) is 15.4. The molecule has 1 aromatic rings. The van der Waals surface area contributed by atoms with E-state index in [1.165, 1.54) is 5.56 Å². The standard InChI is InChI=1S/C15H22N2O2/c16-17-15(18)11-5-2-6-12-19-13-7-10-14-8-3-1-4-9-14/h1,3-4,7-10H,2,5-6,11-13,16H2,(H,17,18). The molecule has 1 aromatic carbocycles. The average molecular weight is 262 g/mol. The van der Waals surface area contributed by atoms with E-state index in [2.05, 4.69) is 17.6 Å². The number of carbonyl (C=O) groups excluding carboxylic acids is 1. The molecule has 0 aromatic heterocycles. The molecule has 4 nitrogen and oxygen atoms in total. The Balaban J connectivity index is 1.94. The van der Waals surface area contributed by atoms with E-state index in [1.807, 2.05) is 30.4 Å². The second-order valence-electron chi connectivity index (χ2n) is 4.27. The lowest BCUT2D eigenvalue weighted by Crippen LogP contribution is -2.29. The minimum atomic E-state index is -0.105. The Morgan fingerprint density at radius 3 is 2.74 bits per heavy atom. The number of amides is 1. The molecule has 0 atom stereocenters. The highest BCUT2D eigenvalue weighted by molar-refractivity contribution is 5.75. The molecule has 0 radical (unpaired) electrons. The van der Waals surface area contributed by atoms with Crippen LogP contribution < -0.4 is 11.3 Å². The number of benzene rings is 1. The monoisotopic (exact) mass is 262 g/mol. The maximum atomic E-state index is 10.8. The van der Waals surface area contributed by atoms with Crippen LogP contribution in [0, 0.1) is 0 Å². The van der Waals surface area contributed by atoms with Crippen LogP contribution in [0.2, 0.25) is 0 Å². The molecule has 104 valence electrons. The number of hydrogen-bond acceptors (Lipinski definition) is 3. The first-order valence-corrected chi connectivity index (χ1v) is 6.61. The molecule has 0 saturated carbocycles.